The average Bonchev–Trinajstić information content (AvgIpc) is 2.85. The smallest absolute Gasteiger partial charge is 0.305 e. The van der Waals surface area contributed by atoms with Crippen molar-refractivity contribution in [3.8, 4) is 0 Å². The van der Waals surface area contributed by atoms with Crippen molar-refractivity contribution in [2.45, 2.75) is 129 Å². The minimum absolute atomic E-state index is 0.0304. The summed E-state index contributed by atoms with van der Waals surface area (Å²) in [5.41, 5.74) is 0. The van der Waals surface area contributed by atoms with Gasteiger partial charge < -0.3 is 24.1 Å². The van der Waals surface area contributed by atoms with Crippen molar-refractivity contribution >= 4 is 5.97 Å². The van der Waals surface area contributed by atoms with Crippen molar-refractivity contribution < 1.29 is 28.8 Å². The van der Waals surface area contributed by atoms with Gasteiger partial charge in [0.1, 0.15) is 0 Å². The Hall–Kier alpha value is -0.690. The van der Waals surface area contributed by atoms with Crippen LogP contribution in [-0.4, -0.2) is 63.9 Å². The molecule has 0 radical (unpaired) electrons. The van der Waals surface area contributed by atoms with Gasteiger partial charge in [-0.1, -0.05) is 116 Å². The van der Waals surface area contributed by atoms with Gasteiger partial charge in [-0.2, -0.15) is 0 Å². The Morgan fingerprint density at radius 2 is 0.714 bits per heavy atom. The molecular weight excluding hydrogens is 444 g/mol. The number of hydrogen-bond donors (Lipinski definition) is 1. The van der Waals surface area contributed by atoms with Crippen LogP contribution in [0.5, 0.6) is 0 Å². The molecule has 0 saturated carbocycles. The molecule has 0 aromatic carbocycles. The zero-order valence-corrected chi connectivity index (χ0v) is 23.1. The molecule has 0 unspecified atom stereocenters. The number of rotatable bonds is 31. The van der Waals surface area contributed by atoms with Gasteiger partial charge >= 0.3 is 5.97 Å². The summed E-state index contributed by atoms with van der Waals surface area (Å²) < 4.78 is 21.6. The highest BCUT2D eigenvalue weighted by atomic mass is 16.6. The average molecular weight is 503 g/mol. The number of ether oxygens (including phenoxy) is 4. The molecule has 0 bridgehead atoms. The van der Waals surface area contributed by atoms with Gasteiger partial charge in [-0.25, -0.2) is 0 Å². The van der Waals surface area contributed by atoms with E-state index in [2.05, 4.69) is 6.92 Å². The molecule has 1 N–H and O–H groups in total. The third kappa shape index (κ3) is 33.3. The molecule has 6 heteroatoms. The second-order valence-corrected chi connectivity index (χ2v) is 9.60. The van der Waals surface area contributed by atoms with E-state index in [9.17, 15) is 4.79 Å². The van der Waals surface area contributed by atoms with Gasteiger partial charge in [0, 0.05) is 6.61 Å². The van der Waals surface area contributed by atoms with E-state index in [0.717, 1.165) is 13.0 Å². The number of carboxylic acids is 1. The first-order chi connectivity index (χ1) is 17.3. The fourth-order valence-corrected chi connectivity index (χ4v) is 4.03. The maximum absolute atomic E-state index is 10.3. The van der Waals surface area contributed by atoms with E-state index in [0.29, 0.717) is 39.6 Å². The van der Waals surface area contributed by atoms with Gasteiger partial charge in [-0.3, -0.25) is 4.79 Å². The van der Waals surface area contributed by atoms with Gasteiger partial charge in [0.2, 0.25) is 0 Å². The predicted molar refractivity (Wildman–Crippen MR) is 144 cm³/mol. The molecule has 0 atom stereocenters. The van der Waals surface area contributed by atoms with E-state index in [-0.39, 0.29) is 13.0 Å². The van der Waals surface area contributed by atoms with Gasteiger partial charge in [-0.15, -0.1) is 0 Å². The van der Waals surface area contributed by atoms with Crippen LogP contribution in [0.3, 0.4) is 0 Å². The Kier molecular flexibility index (Phi) is 30.7. The number of unbranched alkanes of at least 4 members (excludes halogenated alkanes) is 17. The van der Waals surface area contributed by atoms with Crippen LogP contribution in [0.1, 0.15) is 129 Å². The molecule has 35 heavy (non-hydrogen) atoms. The molecule has 0 aliphatic heterocycles. The normalized spacial score (nSPS) is 11.3. The van der Waals surface area contributed by atoms with Crippen molar-refractivity contribution in [1.29, 1.82) is 0 Å². The Morgan fingerprint density at radius 1 is 0.429 bits per heavy atom. The van der Waals surface area contributed by atoms with E-state index in [1.54, 1.807) is 0 Å². The molecule has 0 heterocycles. The summed E-state index contributed by atoms with van der Waals surface area (Å²) in [5, 5.41) is 8.48. The van der Waals surface area contributed by atoms with Gasteiger partial charge in [-0.05, 0) is 6.42 Å². The van der Waals surface area contributed by atoms with Crippen LogP contribution in [0.25, 0.3) is 0 Å². The van der Waals surface area contributed by atoms with Crippen LogP contribution in [-0.2, 0) is 23.7 Å². The molecule has 0 amide bonds. The number of carboxylic acid groups (broad SMARTS) is 1. The summed E-state index contributed by atoms with van der Waals surface area (Å²) >= 11 is 0. The fourth-order valence-electron chi connectivity index (χ4n) is 4.03. The first-order valence-electron chi connectivity index (χ1n) is 14.8. The van der Waals surface area contributed by atoms with Crippen LogP contribution in [0.15, 0.2) is 0 Å². The van der Waals surface area contributed by atoms with Crippen molar-refractivity contribution in [3.63, 3.8) is 0 Å². The van der Waals surface area contributed by atoms with Gasteiger partial charge in [0.05, 0.1) is 52.7 Å². The van der Waals surface area contributed by atoms with Gasteiger partial charge in [0.15, 0.2) is 0 Å². The predicted octanol–water partition coefficient (Wildman–Crippen LogP) is 7.57. The lowest BCUT2D eigenvalue weighted by Gasteiger charge is -2.07. The Balaban J connectivity index is 3.01. The monoisotopic (exact) mass is 502 g/mol. The van der Waals surface area contributed by atoms with Crippen molar-refractivity contribution in [3.05, 3.63) is 0 Å². The second-order valence-electron chi connectivity index (χ2n) is 9.60. The van der Waals surface area contributed by atoms with E-state index >= 15 is 0 Å². The van der Waals surface area contributed by atoms with E-state index in [1.165, 1.54) is 109 Å². The second kappa shape index (κ2) is 31.3. The maximum Gasteiger partial charge on any atom is 0.305 e. The van der Waals surface area contributed by atoms with E-state index in [1.807, 2.05) is 0 Å². The molecule has 0 aliphatic carbocycles. The minimum atomic E-state index is -0.846. The molecule has 0 aliphatic rings. The third-order valence-electron chi connectivity index (χ3n) is 6.22. The fraction of sp³-hybridized carbons (Fsp3) is 0.966. The lowest BCUT2D eigenvalue weighted by Crippen LogP contribution is -2.12. The molecule has 0 spiro atoms. The summed E-state index contributed by atoms with van der Waals surface area (Å²) in [7, 11) is 0. The summed E-state index contributed by atoms with van der Waals surface area (Å²) in [5.74, 6) is -0.846. The molecule has 6 nitrogen and oxygen atoms in total. The highest BCUT2D eigenvalue weighted by Crippen LogP contribution is 2.14. The quantitative estimate of drug-likeness (QED) is 0.0985. The highest BCUT2D eigenvalue weighted by molar-refractivity contribution is 5.66. The number of aliphatic carboxylic acids is 1. The van der Waals surface area contributed by atoms with Crippen LogP contribution in [0.4, 0.5) is 0 Å². The summed E-state index contributed by atoms with van der Waals surface area (Å²) in [4.78, 5) is 10.3. The summed E-state index contributed by atoms with van der Waals surface area (Å²) in [6, 6.07) is 0. The number of hydrogen-bond acceptors (Lipinski definition) is 5. The first kappa shape index (κ1) is 34.3. The Morgan fingerprint density at radius 3 is 1.06 bits per heavy atom. The zero-order chi connectivity index (χ0) is 25.5. The largest absolute Gasteiger partial charge is 0.481 e. The van der Waals surface area contributed by atoms with Crippen LogP contribution >= 0.6 is 0 Å². The summed E-state index contributed by atoms with van der Waals surface area (Å²) in [6.07, 6.45) is 25.1. The number of carbonyl (C=O) groups is 1. The van der Waals surface area contributed by atoms with Crippen LogP contribution < -0.4 is 0 Å². The highest BCUT2D eigenvalue weighted by Gasteiger charge is 1.97. The molecular formula is C29H58O6. The third-order valence-corrected chi connectivity index (χ3v) is 6.22. The van der Waals surface area contributed by atoms with Crippen molar-refractivity contribution in [2.75, 3.05) is 52.9 Å². The lowest BCUT2D eigenvalue weighted by atomic mass is 10.0. The molecule has 0 fully saturated rings. The SMILES string of the molecule is CCCCCCCCCCCCCCCCCCCCOCCOCCOCCOCCC(=O)O. The van der Waals surface area contributed by atoms with Crippen LogP contribution in [0.2, 0.25) is 0 Å². The topological polar surface area (TPSA) is 74.2 Å². The lowest BCUT2D eigenvalue weighted by molar-refractivity contribution is -0.138. The van der Waals surface area contributed by atoms with E-state index in [4.69, 9.17) is 24.1 Å². The Bertz CT molecular complexity index is 405. The maximum atomic E-state index is 10.3. The first-order valence-corrected chi connectivity index (χ1v) is 14.8. The molecule has 210 valence electrons. The molecule has 0 rings (SSSR count). The van der Waals surface area contributed by atoms with Crippen molar-refractivity contribution in [1.82, 2.24) is 0 Å². The minimum Gasteiger partial charge on any atom is -0.481 e. The summed E-state index contributed by atoms with van der Waals surface area (Å²) in [6.45, 7) is 6.50. The zero-order valence-electron chi connectivity index (χ0n) is 23.1. The Labute approximate surface area is 216 Å². The van der Waals surface area contributed by atoms with E-state index < -0.39 is 5.97 Å². The van der Waals surface area contributed by atoms with Crippen molar-refractivity contribution in [2.24, 2.45) is 0 Å². The molecule has 0 saturated heterocycles. The standard InChI is InChI=1S/C29H58O6/c1-2-3-4-5-6-7-8-9-10-11-12-13-14-15-16-17-18-19-21-32-23-25-34-27-28-35-26-24-33-22-20-29(30)31/h2-28H2,1H3,(H,30,31). The molecule has 0 aromatic rings. The van der Waals surface area contributed by atoms with Crippen LogP contribution in [0, 0.1) is 0 Å². The van der Waals surface area contributed by atoms with Gasteiger partial charge in [0.25, 0.3) is 0 Å². The molecule has 0 aromatic heterocycles.